The van der Waals surface area contributed by atoms with E-state index in [4.69, 9.17) is 9.47 Å². The van der Waals surface area contributed by atoms with Gasteiger partial charge in [0.25, 0.3) is 0 Å². The monoisotopic (exact) mass is 466 g/mol. The van der Waals surface area contributed by atoms with E-state index in [9.17, 15) is 14.4 Å². The Kier molecular flexibility index (Phi) is 7.39. The maximum Gasteiger partial charge on any atom is 0.336 e. The first-order valence-corrected chi connectivity index (χ1v) is 12.4. The Morgan fingerprint density at radius 2 is 1.76 bits per heavy atom. The SMILES string of the molecule is CCOC(=O)C1=C(C)NC2=C(C(=O)CCC2)C1c1ccccc1N1CCC(C(=O)OCC)CC1. The number of benzene rings is 1. The fourth-order valence-corrected chi connectivity index (χ4v) is 5.41. The third kappa shape index (κ3) is 4.61. The van der Waals surface area contributed by atoms with Crippen molar-refractivity contribution in [3.63, 3.8) is 0 Å². The number of hydrogen-bond donors (Lipinski definition) is 1. The Bertz CT molecular complexity index is 1030. The summed E-state index contributed by atoms with van der Waals surface area (Å²) in [6.07, 6.45) is 3.51. The number of rotatable bonds is 6. The van der Waals surface area contributed by atoms with Crippen LogP contribution >= 0.6 is 0 Å². The van der Waals surface area contributed by atoms with E-state index in [-0.39, 0.29) is 24.3 Å². The number of nitrogens with one attached hydrogen (secondary N) is 1. The lowest BCUT2D eigenvalue weighted by molar-refractivity contribution is -0.148. The first kappa shape index (κ1) is 24.0. The average molecular weight is 467 g/mol. The summed E-state index contributed by atoms with van der Waals surface area (Å²) in [5.41, 5.74) is 4.79. The second kappa shape index (κ2) is 10.5. The van der Waals surface area contributed by atoms with Crippen molar-refractivity contribution < 1.29 is 23.9 Å². The quantitative estimate of drug-likeness (QED) is 0.635. The van der Waals surface area contributed by atoms with Crippen LogP contribution in [0.25, 0.3) is 0 Å². The molecule has 7 nitrogen and oxygen atoms in total. The number of ether oxygens (including phenoxy) is 2. The molecule has 7 heteroatoms. The molecule has 3 aliphatic rings. The van der Waals surface area contributed by atoms with Crippen LogP contribution in [0.4, 0.5) is 5.69 Å². The largest absolute Gasteiger partial charge is 0.466 e. The maximum absolute atomic E-state index is 13.2. The van der Waals surface area contributed by atoms with Gasteiger partial charge >= 0.3 is 11.9 Å². The number of nitrogens with zero attached hydrogens (tertiary/aromatic N) is 1. The average Bonchev–Trinajstić information content (AvgIpc) is 2.84. The lowest BCUT2D eigenvalue weighted by Crippen LogP contribution is -2.39. The van der Waals surface area contributed by atoms with Crippen molar-refractivity contribution in [3.8, 4) is 0 Å². The second-order valence-corrected chi connectivity index (χ2v) is 9.06. The highest BCUT2D eigenvalue weighted by atomic mass is 16.5. The van der Waals surface area contributed by atoms with Crippen LogP contribution in [0.2, 0.25) is 0 Å². The Hall–Kier alpha value is -3.09. The molecule has 0 aromatic heterocycles. The van der Waals surface area contributed by atoms with E-state index in [1.807, 2.05) is 38.1 Å². The molecule has 34 heavy (non-hydrogen) atoms. The van der Waals surface area contributed by atoms with Gasteiger partial charge in [-0.15, -0.1) is 0 Å². The van der Waals surface area contributed by atoms with Gasteiger partial charge in [-0.1, -0.05) is 18.2 Å². The first-order chi connectivity index (χ1) is 16.5. The minimum atomic E-state index is -0.470. The molecular weight excluding hydrogens is 432 g/mol. The molecule has 2 heterocycles. The summed E-state index contributed by atoms with van der Waals surface area (Å²) >= 11 is 0. The van der Waals surface area contributed by atoms with Gasteiger partial charge < -0.3 is 19.7 Å². The summed E-state index contributed by atoms with van der Waals surface area (Å²) in [5, 5.41) is 3.34. The molecule has 1 fully saturated rings. The van der Waals surface area contributed by atoms with Gasteiger partial charge in [-0.2, -0.15) is 0 Å². The fourth-order valence-electron chi connectivity index (χ4n) is 5.41. The molecule has 0 radical (unpaired) electrons. The maximum atomic E-state index is 13.2. The number of Topliss-reactive ketones (excluding diaryl/α,β-unsaturated/α-hetero) is 1. The zero-order chi connectivity index (χ0) is 24.2. The van der Waals surface area contributed by atoms with E-state index in [1.165, 1.54) is 0 Å². The highest BCUT2D eigenvalue weighted by molar-refractivity contribution is 6.04. The van der Waals surface area contributed by atoms with Crippen LogP contribution < -0.4 is 10.2 Å². The zero-order valence-electron chi connectivity index (χ0n) is 20.3. The predicted octanol–water partition coefficient (Wildman–Crippen LogP) is 4.00. The van der Waals surface area contributed by atoms with Crippen molar-refractivity contribution >= 4 is 23.4 Å². The topological polar surface area (TPSA) is 84.9 Å². The van der Waals surface area contributed by atoms with Crippen LogP contribution in [0.1, 0.15) is 64.4 Å². The standard InChI is InChI=1S/C27H34N2O5/c1-4-33-26(31)18-13-15-29(16-14-18)21-11-7-6-9-19(21)24-23(27(32)34-5-2)17(3)28-20-10-8-12-22(30)25(20)24/h6-7,9,11,18,24,28H,4-5,8,10,12-16H2,1-3H3. The zero-order valence-corrected chi connectivity index (χ0v) is 20.3. The summed E-state index contributed by atoms with van der Waals surface area (Å²) in [6.45, 7) is 7.59. The van der Waals surface area contributed by atoms with Gasteiger partial charge in [0.1, 0.15) is 0 Å². The highest BCUT2D eigenvalue weighted by Crippen LogP contribution is 2.45. The fraction of sp³-hybridized carbons (Fsp3) is 0.519. The molecule has 1 saturated heterocycles. The number of para-hydroxylation sites is 1. The molecular formula is C27H34N2O5. The molecule has 182 valence electrons. The smallest absolute Gasteiger partial charge is 0.336 e. The number of piperidine rings is 1. The number of carbonyl (C=O) groups excluding carboxylic acids is 3. The third-order valence-electron chi connectivity index (χ3n) is 6.97. The molecule has 2 aliphatic heterocycles. The van der Waals surface area contributed by atoms with E-state index in [1.54, 1.807) is 6.92 Å². The van der Waals surface area contributed by atoms with Gasteiger partial charge in [0.05, 0.1) is 30.6 Å². The molecule has 1 atom stereocenters. The van der Waals surface area contributed by atoms with Crippen molar-refractivity contribution in [2.24, 2.45) is 5.92 Å². The lowest BCUT2D eigenvalue weighted by Gasteiger charge is -2.38. The number of esters is 2. The summed E-state index contributed by atoms with van der Waals surface area (Å²) in [6, 6.07) is 8.00. The van der Waals surface area contributed by atoms with Gasteiger partial charge in [-0.25, -0.2) is 4.79 Å². The number of dihydropyridines is 1. The second-order valence-electron chi connectivity index (χ2n) is 9.06. The number of carbonyl (C=O) groups is 3. The van der Waals surface area contributed by atoms with Gasteiger partial charge in [0.15, 0.2) is 5.78 Å². The minimum Gasteiger partial charge on any atom is -0.466 e. The molecule has 1 unspecified atom stereocenters. The van der Waals surface area contributed by atoms with E-state index in [0.717, 1.165) is 35.5 Å². The number of hydrogen-bond acceptors (Lipinski definition) is 7. The van der Waals surface area contributed by atoms with E-state index < -0.39 is 11.9 Å². The van der Waals surface area contributed by atoms with Crippen molar-refractivity contribution in [1.29, 1.82) is 0 Å². The Labute approximate surface area is 201 Å². The first-order valence-electron chi connectivity index (χ1n) is 12.4. The van der Waals surface area contributed by atoms with Crippen molar-refractivity contribution in [2.45, 2.75) is 58.8 Å². The van der Waals surface area contributed by atoms with Crippen molar-refractivity contribution in [3.05, 3.63) is 52.4 Å². The van der Waals surface area contributed by atoms with Crippen LogP contribution in [0.15, 0.2) is 46.8 Å². The third-order valence-corrected chi connectivity index (χ3v) is 6.97. The van der Waals surface area contributed by atoms with Crippen LogP contribution in [0, 0.1) is 5.92 Å². The number of allylic oxidation sites excluding steroid dienone is 3. The summed E-state index contributed by atoms with van der Waals surface area (Å²) in [7, 11) is 0. The van der Waals surface area contributed by atoms with Crippen LogP contribution in [-0.4, -0.2) is 44.0 Å². The molecule has 0 amide bonds. The predicted molar refractivity (Wildman–Crippen MR) is 129 cm³/mol. The van der Waals surface area contributed by atoms with Gasteiger partial charge in [-0.05, 0) is 58.1 Å². The minimum absolute atomic E-state index is 0.0869. The molecule has 4 rings (SSSR count). The number of ketones is 1. The van der Waals surface area contributed by atoms with E-state index in [2.05, 4.69) is 10.2 Å². The molecule has 1 aromatic rings. The molecule has 0 bridgehead atoms. The summed E-state index contributed by atoms with van der Waals surface area (Å²) in [4.78, 5) is 40.8. The van der Waals surface area contributed by atoms with Gasteiger partial charge in [-0.3, -0.25) is 9.59 Å². The van der Waals surface area contributed by atoms with E-state index in [0.29, 0.717) is 50.1 Å². The Morgan fingerprint density at radius 3 is 2.47 bits per heavy atom. The molecule has 1 aliphatic carbocycles. The Morgan fingerprint density at radius 1 is 1.06 bits per heavy atom. The molecule has 1 N–H and O–H groups in total. The normalized spacial score (nSPS) is 21.2. The van der Waals surface area contributed by atoms with Gasteiger partial charge in [0, 0.05) is 42.2 Å². The Balaban J connectivity index is 1.72. The lowest BCUT2D eigenvalue weighted by atomic mass is 9.74. The summed E-state index contributed by atoms with van der Waals surface area (Å²) < 4.78 is 10.7. The van der Waals surface area contributed by atoms with Crippen LogP contribution in [-0.2, 0) is 23.9 Å². The van der Waals surface area contributed by atoms with Crippen LogP contribution in [0.3, 0.4) is 0 Å². The molecule has 1 aromatic carbocycles. The van der Waals surface area contributed by atoms with Crippen LogP contribution in [0.5, 0.6) is 0 Å². The number of anilines is 1. The van der Waals surface area contributed by atoms with Crippen molar-refractivity contribution in [1.82, 2.24) is 5.32 Å². The van der Waals surface area contributed by atoms with E-state index >= 15 is 0 Å². The highest BCUT2D eigenvalue weighted by Gasteiger charge is 2.40. The summed E-state index contributed by atoms with van der Waals surface area (Å²) in [5.74, 6) is -0.988. The molecule has 0 spiro atoms. The van der Waals surface area contributed by atoms with Crippen molar-refractivity contribution in [2.75, 3.05) is 31.2 Å². The molecule has 0 saturated carbocycles. The van der Waals surface area contributed by atoms with Gasteiger partial charge in [0.2, 0.25) is 0 Å².